The van der Waals surface area contributed by atoms with Gasteiger partial charge in [-0.25, -0.2) is 26.9 Å². The number of nitrogens with zero attached hydrogens (tertiary/aromatic N) is 2. The molecule has 0 unspecified atom stereocenters. The summed E-state index contributed by atoms with van der Waals surface area (Å²) in [5, 5.41) is 1.54. The number of hydrogen-bond donors (Lipinski definition) is 1. The monoisotopic (exact) mass is 461 g/mol. The molecule has 26 heavy (non-hydrogen) atoms. The molecular weight excluding hydrogens is 452 g/mol. The van der Waals surface area contributed by atoms with E-state index in [2.05, 4.69) is 20.9 Å². The van der Waals surface area contributed by atoms with Gasteiger partial charge in [-0.05, 0) is 39.5 Å². The molecule has 11 heteroatoms. The Labute approximate surface area is 159 Å². The Hall–Kier alpha value is -2.11. The van der Waals surface area contributed by atoms with Gasteiger partial charge in [-0.2, -0.15) is 0 Å². The Balaban J connectivity index is 1.94. The summed E-state index contributed by atoms with van der Waals surface area (Å²) in [6.07, 6.45) is 1.19. The first-order chi connectivity index (χ1) is 12.2. The number of halogens is 3. The summed E-state index contributed by atoms with van der Waals surface area (Å²) in [5.74, 6) is -2.84. The Kier molecular flexibility index (Phi) is 4.95. The van der Waals surface area contributed by atoms with Crippen molar-refractivity contribution in [3.8, 4) is 11.4 Å². The molecule has 0 aliphatic heterocycles. The lowest BCUT2D eigenvalue weighted by Gasteiger charge is -2.04. The molecule has 1 amide bonds. The van der Waals surface area contributed by atoms with E-state index < -0.39 is 33.1 Å². The van der Waals surface area contributed by atoms with Crippen molar-refractivity contribution >= 4 is 43.2 Å². The van der Waals surface area contributed by atoms with Crippen LogP contribution >= 0.6 is 27.3 Å². The number of carbonyl (C=O) groups is 1. The van der Waals surface area contributed by atoms with Gasteiger partial charge in [0.05, 0.1) is 5.56 Å². The van der Waals surface area contributed by atoms with E-state index in [1.807, 2.05) is 4.72 Å². The van der Waals surface area contributed by atoms with Crippen LogP contribution in [0.4, 0.5) is 8.78 Å². The first kappa shape index (κ1) is 18.7. The maximum atomic E-state index is 13.9. The SMILES string of the molecule is Cn1cc(C(=O)NS(=O)(=O)c2sccc2Br)nc1-c1c(F)cccc1F. The van der Waals surface area contributed by atoms with Crippen LogP contribution in [0.15, 0.2) is 44.5 Å². The minimum Gasteiger partial charge on any atom is -0.333 e. The highest BCUT2D eigenvalue weighted by molar-refractivity contribution is 9.10. The summed E-state index contributed by atoms with van der Waals surface area (Å²) in [7, 11) is -2.67. The number of imidazole rings is 1. The third-order valence-corrected chi connectivity index (χ3v) is 7.35. The number of aryl methyl sites for hydroxylation is 1. The van der Waals surface area contributed by atoms with Crippen LogP contribution in [0.25, 0.3) is 11.4 Å². The average molecular weight is 462 g/mol. The number of rotatable bonds is 4. The highest BCUT2D eigenvalue weighted by Crippen LogP contribution is 2.28. The minimum absolute atomic E-state index is 0.0675. The first-order valence-corrected chi connectivity index (χ1v) is 10.1. The fraction of sp³-hybridized carbons (Fsp3) is 0.0667. The molecule has 2 heterocycles. The van der Waals surface area contributed by atoms with Gasteiger partial charge in [-0.3, -0.25) is 4.79 Å². The molecule has 3 rings (SSSR count). The molecular formula is C15H10BrF2N3O3S2. The van der Waals surface area contributed by atoms with Crippen LogP contribution in [-0.2, 0) is 17.1 Å². The summed E-state index contributed by atoms with van der Waals surface area (Å²) in [6.45, 7) is 0. The topological polar surface area (TPSA) is 81.1 Å². The van der Waals surface area contributed by atoms with Crippen molar-refractivity contribution in [3.63, 3.8) is 0 Å². The lowest BCUT2D eigenvalue weighted by atomic mass is 10.2. The molecule has 0 atom stereocenters. The van der Waals surface area contributed by atoms with Crippen LogP contribution in [0.5, 0.6) is 0 Å². The molecule has 1 N–H and O–H groups in total. The number of nitrogens with one attached hydrogen (secondary N) is 1. The summed E-state index contributed by atoms with van der Waals surface area (Å²) in [6, 6.07) is 4.86. The highest BCUT2D eigenvalue weighted by atomic mass is 79.9. The maximum absolute atomic E-state index is 13.9. The van der Waals surface area contributed by atoms with E-state index >= 15 is 0 Å². The standard InChI is InChI=1S/C15H10BrF2N3O3S2/c1-21-7-11(19-13(21)12-9(17)3-2-4-10(12)18)14(22)20-26(23,24)15-8(16)5-6-25-15/h2-7H,1H3,(H,20,22). The summed E-state index contributed by atoms with van der Waals surface area (Å²) >= 11 is 4.02. The Morgan fingerprint density at radius 2 is 1.92 bits per heavy atom. The summed E-state index contributed by atoms with van der Waals surface area (Å²) < 4.78 is 55.8. The molecule has 2 aromatic heterocycles. The van der Waals surface area contributed by atoms with Crippen LogP contribution in [0.3, 0.4) is 0 Å². The zero-order valence-electron chi connectivity index (χ0n) is 13.0. The van der Waals surface area contributed by atoms with Crippen molar-refractivity contribution in [2.24, 2.45) is 7.05 Å². The van der Waals surface area contributed by atoms with E-state index in [9.17, 15) is 22.0 Å². The van der Waals surface area contributed by atoms with Crippen molar-refractivity contribution in [1.82, 2.24) is 14.3 Å². The van der Waals surface area contributed by atoms with Crippen molar-refractivity contribution < 1.29 is 22.0 Å². The number of amides is 1. The molecule has 0 spiro atoms. The second-order valence-corrected chi connectivity index (χ2v) is 8.80. The second kappa shape index (κ2) is 6.89. The second-order valence-electron chi connectivity index (χ2n) is 5.15. The van der Waals surface area contributed by atoms with Crippen molar-refractivity contribution in [3.05, 3.63) is 57.6 Å². The molecule has 0 radical (unpaired) electrons. The van der Waals surface area contributed by atoms with Crippen molar-refractivity contribution in [1.29, 1.82) is 0 Å². The predicted octanol–water partition coefficient (Wildman–Crippen LogP) is 3.31. The Morgan fingerprint density at radius 3 is 2.50 bits per heavy atom. The van der Waals surface area contributed by atoms with Gasteiger partial charge in [0.15, 0.2) is 4.21 Å². The third-order valence-electron chi connectivity index (χ3n) is 3.35. The van der Waals surface area contributed by atoms with Gasteiger partial charge in [0.2, 0.25) is 0 Å². The van der Waals surface area contributed by atoms with Crippen molar-refractivity contribution in [2.45, 2.75) is 4.21 Å². The lowest BCUT2D eigenvalue weighted by molar-refractivity contribution is 0.0977. The van der Waals surface area contributed by atoms with Crippen LogP contribution < -0.4 is 4.72 Å². The smallest absolute Gasteiger partial charge is 0.285 e. The van der Waals surface area contributed by atoms with Gasteiger partial charge in [0.1, 0.15) is 23.2 Å². The van der Waals surface area contributed by atoms with Crippen LogP contribution in [0.1, 0.15) is 10.5 Å². The number of benzene rings is 1. The summed E-state index contributed by atoms with van der Waals surface area (Å²) in [5.41, 5.74) is -0.695. The molecule has 3 aromatic rings. The van der Waals surface area contributed by atoms with E-state index in [1.54, 1.807) is 5.38 Å². The highest BCUT2D eigenvalue weighted by Gasteiger charge is 2.25. The number of thiophene rings is 1. The molecule has 136 valence electrons. The molecule has 0 aliphatic rings. The molecule has 0 bridgehead atoms. The van der Waals surface area contributed by atoms with Crippen LogP contribution in [0.2, 0.25) is 0 Å². The quantitative estimate of drug-likeness (QED) is 0.646. The molecule has 0 saturated carbocycles. The zero-order chi connectivity index (χ0) is 19.1. The number of aromatic nitrogens is 2. The van der Waals surface area contributed by atoms with Crippen molar-refractivity contribution in [2.75, 3.05) is 0 Å². The largest absolute Gasteiger partial charge is 0.333 e. The van der Waals surface area contributed by atoms with Gasteiger partial charge in [-0.15, -0.1) is 11.3 Å². The van der Waals surface area contributed by atoms with Gasteiger partial charge < -0.3 is 4.57 Å². The molecule has 0 aliphatic carbocycles. The average Bonchev–Trinajstić information content (AvgIpc) is 3.14. The van der Waals surface area contributed by atoms with Gasteiger partial charge in [-0.1, -0.05) is 6.07 Å². The van der Waals surface area contributed by atoms with E-state index in [-0.39, 0.29) is 15.7 Å². The molecule has 0 fully saturated rings. The molecule has 1 aromatic carbocycles. The van der Waals surface area contributed by atoms with E-state index in [4.69, 9.17) is 0 Å². The minimum atomic E-state index is -4.10. The Morgan fingerprint density at radius 1 is 1.27 bits per heavy atom. The van der Waals surface area contributed by atoms with Gasteiger partial charge in [0.25, 0.3) is 15.9 Å². The Bertz CT molecular complexity index is 1090. The number of hydrogen-bond acceptors (Lipinski definition) is 5. The van der Waals surface area contributed by atoms with E-state index in [0.29, 0.717) is 4.47 Å². The number of sulfonamides is 1. The fourth-order valence-electron chi connectivity index (χ4n) is 2.21. The van der Waals surface area contributed by atoms with Gasteiger partial charge >= 0.3 is 0 Å². The molecule has 0 saturated heterocycles. The fourth-order valence-corrected chi connectivity index (χ4v) is 5.51. The predicted molar refractivity (Wildman–Crippen MR) is 95.2 cm³/mol. The van der Waals surface area contributed by atoms with Crippen LogP contribution in [0, 0.1) is 11.6 Å². The first-order valence-electron chi connectivity index (χ1n) is 6.98. The molecule has 6 nitrogen and oxygen atoms in total. The third kappa shape index (κ3) is 3.41. The lowest BCUT2D eigenvalue weighted by Crippen LogP contribution is -2.30. The zero-order valence-corrected chi connectivity index (χ0v) is 16.3. The summed E-state index contributed by atoms with van der Waals surface area (Å²) in [4.78, 5) is 16.2. The van der Waals surface area contributed by atoms with E-state index in [0.717, 1.165) is 23.5 Å². The number of carbonyl (C=O) groups excluding carboxylic acids is 1. The van der Waals surface area contributed by atoms with Crippen LogP contribution in [-0.4, -0.2) is 23.9 Å². The maximum Gasteiger partial charge on any atom is 0.285 e. The normalized spacial score (nSPS) is 11.5. The van der Waals surface area contributed by atoms with E-state index in [1.165, 1.54) is 29.9 Å². The van der Waals surface area contributed by atoms with Gasteiger partial charge in [0, 0.05) is 17.7 Å².